The highest BCUT2D eigenvalue weighted by Crippen LogP contribution is 1.98. The lowest BCUT2D eigenvalue weighted by Gasteiger charge is -2.13. The number of nitrogens with one attached hydrogen (secondary N) is 2. The quantitative estimate of drug-likeness (QED) is 0.485. The Morgan fingerprint density at radius 2 is 2.15 bits per heavy atom. The van der Waals surface area contributed by atoms with Crippen LogP contribution in [0.2, 0.25) is 0 Å². The number of amides is 1. The van der Waals surface area contributed by atoms with Crippen molar-refractivity contribution in [3.63, 3.8) is 0 Å². The SMILES string of the molecule is CNCC(=O)NC(C)CCCCN. The highest BCUT2D eigenvalue weighted by molar-refractivity contribution is 5.78. The van der Waals surface area contributed by atoms with Crippen molar-refractivity contribution < 1.29 is 4.79 Å². The molecule has 0 aromatic carbocycles. The average Bonchev–Trinajstić information content (AvgIpc) is 2.05. The summed E-state index contributed by atoms with van der Waals surface area (Å²) in [5, 5.41) is 5.71. The van der Waals surface area contributed by atoms with Crippen LogP contribution in [0.5, 0.6) is 0 Å². The van der Waals surface area contributed by atoms with E-state index in [0.29, 0.717) is 6.54 Å². The second-order valence-corrected chi connectivity index (χ2v) is 3.28. The van der Waals surface area contributed by atoms with Crippen molar-refractivity contribution in [2.75, 3.05) is 20.1 Å². The van der Waals surface area contributed by atoms with Crippen molar-refractivity contribution in [3.8, 4) is 0 Å². The van der Waals surface area contributed by atoms with Crippen LogP contribution < -0.4 is 16.4 Å². The van der Waals surface area contributed by atoms with Crippen LogP contribution in [0.25, 0.3) is 0 Å². The summed E-state index contributed by atoms with van der Waals surface area (Å²) in [5.74, 6) is 0.0581. The number of hydrogen-bond acceptors (Lipinski definition) is 3. The van der Waals surface area contributed by atoms with Crippen molar-refractivity contribution in [2.24, 2.45) is 5.73 Å². The molecule has 13 heavy (non-hydrogen) atoms. The zero-order valence-electron chi connectivity index (χ0n) is 8.60. The Morgan fingerprint density at radius 3 is 2.69 bits per heavy atom. The average molecular weight is 187 g/mol. The van der Waals surface area contributed by atoms with Gasteiger partial charge >= 0.3 is 0 Å². The largest absolute Gasteiger partial charge is 0.353 e. The maximum Gasteiger partial charge on any atom is 0.234 e. The second kappa shape index (κ2) is 8.01. The molecule has 1 amide bonds. The standard InChI is InChI=1S/C9H21N3O/c1-8(5-3-4-6-10)12-9(13)7-11-2/h8,11H,3-7,10H2,1-2H3,(H,12,13). The Hall–Kier alpha value is -0.610. The minimum atomic E-state index is 0.0581. The van der Waals surface area contributed by atoms with Crippen LogP contribution in [-0.4, -0.2) is 32.1 Å². The number of carbonyl (C=O) groups is 1. The number of rotatable bonds is 7. The topological polar surface area (TPSA) is 67.2 Å². The molecule has 0 heterocycles. The fourth-order valence-corrected chi connectivity index (χ4v) is 1.15. The third kappa shape index (κ3) is 7.74. The van der Waals surface area contributed by atoms with Gasteiger partial charge in [-0.3, -0.25) is 4.79 Å². The highest BCUT2D eigenvalue weighted by atomic mass is 16.1. The molecule has 4 N–H and O–H groups in total. The minimum Gasteiger partial charge on any atom is -0.353 e. The van der Waals surface area contributed by atoms with Gasteiger partial charge in [-0.15, -0.1) is 0 Å². The van der Waals surface area contributed by atoms with Crippen LogP contribution in [0.1, 0.15) is 26.2 Å². The third-order valence-corrected chi connectivity index (χ3v) is 1.84. The van der Waals surface area contributed by atoms with E-state index in [0.717, 1.165) is 25.8 Å². The summed E-state index contributed by atoms with van der Waals surface area (Å²) < 4.78 is 0. The second-order valence-electron chi connectivity index (χ2n) is 3.28. The van der Waals surface area contributed by atoms with Crippen molar-refractivity contribution >= 4 is 5.91 Å². The summed E-state index contributed by atoms with van der Waals surface area (Å²) in [7, 11) is 1.76. The number of unbranched alkanes of at least 4 members (excludes halogenated alkanes) is 1. The zero-order chi connectivity index (χ0) is 10.1. The van der Waals surface area contributed by atoms with Gasteiger partial charge in [0, 0.05) is 6.04 Å². The van der Waals surface area contributed by atoms with E-state index in [9.17, 15) is 4.79 Å². The van der Waals surface area contributed by atoms with Crippen LogP contribution in [0.4, 0.5) is 0 Å². The molecular weight excluding hydrogens is 166 g/mol. The number of nitrogens with two attached hydrogens (primary N) is 1. The van der Waals surface area contributed by atoms with Crippen LogP contribution in [0.15, 0.2) is 0 Å². The normalized spacial score (nSPS) is 12.5. The first-order chi connectivity index (χ1) is 6.20. The van der Waals surface area contributed by atoms with E-state index >= 15 is 0 Å². The van der Waals surface area contributed by atoms with Gasteiger partial charge in [0.05, 0.1) is 6.54 Å². The summed E-state index contributed by atoms with van der Waals surface area (Å²) in [4.78, 5) is 11.1. The maximum absolute atomic E-state index is 11.1. The summed E-state index contributed by atoms with van der Waals surface area (Å²) in [6.07, 6.45) is 3.12. The molecule has 1 unspecified atom stereocenters. The Bertz CT molecular complexity index is 139. The van der Waals surface area contributed by atoms with E-state index in [4.69, 9.17) is 5.73 Å². The van der Waals surface area contributed by atoms with Gasteiger partial charge in [-0.1, -0.05) is 6.42 Å². The molecule has 0 spiro atoms. The molecule has 4 nitrogen and oxygen atoms in total. The molecule has 0 rings (SSSR count). The van der Waals surface area contributed by atoms with Crippen LogP contribution in [0.3, 0.4) is 0 Å². The molecule has 78 valence electrons. The van der Waals surface area contributed by atoms with E-state index in [1.807, 2.05) is 6.92 Å². The van der Waals surface area contributed by atoms with Gasteiger partial charge in [0.1, 0.15) is 0 Å². The summed E-state index contributed by atoms with van der Waals surface area (Å²) in [6.45, 7) is 3.14. The van der Waals surface area contributed by atoms with Crippen molar-refractivity contribution in [1.29, 1.82) is 0 Å². The van der Waals surface area contributed by atoms with Crippen molar-refractivity contribution in [1.82, 2.24) is 10.6 Å². The fraction of sp³-hybridized carbons (Fsp3) is 0.889. The number of likely N-dealkylation sites (N-methyl/N-ethyl adjacent to an activating group) is 1. The van der Waals surface area contributed by atoms with E-state index in [1.165, 1.54) is 0 Å². The maximum atomic E-state index is 11.1. The molecule has 1 atom stereocenters. The minimum absolute atomic E-state index is 0.0581. The van der Waals surface area contributed by atoms with E-state index in [1.54, 1.807) is 7.05 Å². The molecule has 0 fully saturated rings. The Balaban J connectivity index is 3.38. The lowest BCUT2D eigenvalue weighted by Crippen LogP contribution is -2.38. The predicted octanol–water partition coefficient (Wildman–Crippen LogP) is -0.160. The van der Waals surface area contributed by atoms with Gasteiger partial charge in [0.2, 0.25) is 5.91 Å². The van der Waals surface area contributed by atoms with Gasteiger partial charge in [-0.2, -0.15) is 0 Å². The molecule has 4 heteroatoms. The molecule has 0 saturated heterocycles. The van der Waals surface area contributed by atoms with E-state index in [-0.39, 0.29) is 11.9 Å². The molecule has 0 aromatic heterocycles. The Kier molecular flexibility index (Phi) is 7.63. The lowest BCUT2D eigenvalue weighted by molar-refractivity contribution is -0.120. The van der Waals surface area contributed by atoms with Gasteiger partial charge in [0.25, 0.3) is 0 Å². The molecule has 0 aliphatic heterocycles. The van der Waals surface area contributed by atoms with Crippen molar-refractivity contribution in [2.45, 2.75) is 32.2 Å². The molecule has 0 aromatic rings. The van der Waals surface area contributed by atoms with E-state index < -0.39 is 0 Å². The fourth-order valence-electron chi connectivity index (χ4n) is 1.15. The predicted molar refractivity (Wildman–Crippen MR) is 54.4 cm³/mol. The Morgan fingerprint density at radius 1 is 1.46 bits per heavy atom. The van der Waals surface area contributed by atoms with Gasteiger partial charge in [-0.25, -0.2) is 0 Å². The smallest absolute Gasteiger partial charge is 0.234 e. The van der Waals surface area contributed by atoms with Crippen molar-refractivity contribution in [3.05, 3.63) is 0 Å². The molecule has 0 bridgehead atoms. The van der Waals surface area contributed by atoms with Gasteiger partial charge in [0.15, 0.2) is 0 Å². The molecule has 0 aliphatic carbocycles. The molecular formula is C9H21N3O. The van der Waals surface area contributed by atoms with E-state index in [2.05, 4.69) is 10.6 Å². The first-order valence-corrected chi connectivity index (χ1v) is 4.84. The summed E-state index contributed by atoms with van der Waals surface area (Å²) in [6, 6.07) is 0.257. The van der Waals surface area contributed by atoms with Crippen LogP contribution >= 0.6 is 0 Å². The number of carbonyl (C=O) groups excluding carboxylic acids is 1. The summed E-state index contributed by atoms with van der Waals surface area (Å²) in [5.41, 5.74) is 5.37. The van der Waals surface area contributed by atoms with Gasteiger partial charge < -0.3 is 16.4 Å². The lowest BCUT2D eigenvalue weighted by atomic mass is 10.1. The first kappa shape index (κ1) is 12.4. The first-order valence-electron chi connectivity index (χ1n) is 4.84. The molecule has 0 aliphatic rings. The monoisotopic (exact) mass is 187 g/mol. The van der Waals surface area contributed by atoms with Gasteiger partial charge in [-0.05, 0) is 33.4 Å². The zero-order valence-corrected chi connectivity index (χ0v) is 8.60. The van der Waals surface area contributed by atoms with Crippen LogP contribution in [0, 0.1) is 0 Å². The Labute approximate surface area is 80.3 Å². The number of hydrogen-bond donors (Lipinski definition) is 3. The molecule has 0 radical (unpaired) electrons. The molecule has 0 saturated carbocycles. The third-order valence-electron chi connectivity index (χ3n) is 1.84. The van der Waals surface area contributed by atoms with Crippen LogP contribution in [-0.2, 0) is 4.79 Å². The highest BCUT2D eigenvalue weighted by Gasteiger charge is 2.04. The summed E-state index contributed by atoms with van der Waals surface area (Å²) >= 11 is 0.